The lowest BCUT2D eigenvalue weighted by atomic mass is 9.61. The monoisotopic (exact) mass is 188 g/mol. The van der Waals surface area contributed by atoms with E-state index in [0.717, 1.165) is 18.4 Å². The van der Waals surface area contributed by atoms with Crippen LogP contribution in [-0.2, 0) is 4.74 Å². The summed E-state index contributed by atoms with van der Waals surface area (Å²) >= 11 is 5.99. The van der Waals surface area contributed by atoms with Crippen LogP contribution in [0.3, 0.4) is 0 Å². The van der Waals surface area contributed by atoms with Gasteiger partial charge in [-0.05, 0) is 37.0 Å². The summed E-state index contributed by atoms with van der Waals surface area (Å²) in [5.41, 5.74) is 0.493. The Morgan fingerprint density at radius 1 is 1.50 bits per heavy atom. The third kappa shape index (κ3) is 1.77. The largest absolute Gasteiger partial charge is 0.373 e. The van der Waals surface area contributed by atoms with Crippen molar-refractivity contribution >= 4 is 11.6 Å². The molecule has 1 saturated heterocycles. The third-order valence-corrected chi connectivity index (χ3v) is 3.81. The maximum Gasteiger partial charge on any atom is 0.0810 e. The van der Waals surface area contributed by atoms with Gasteiger partial charge < -0.3 is 4.74 Å². The molecule has 2 fully saturated rings. The molecule has 1 nitrogen and oxygen atoms in total. The fraction of sp³-hybridized carbons (Fsp3) is 1.00. The Labute approximate surface area is 79.4 Å². The predicted molar refractivity (Wildman–Crippen MR) is 50.5 cm³/mol. The highest BCUT2D eigenvalue weighted by atomic mass is 35.5. The first kappa shape index (κ1) is 8.83. The molecule has 0 bridgehead atoms. The molecule has 70 valence electrons. The SMILES string of the molecule is CC1CC(CCl)(CCC2CO2)C1. The van der Waals surface area contributed by atoms with Gasteiger partial charge in [-0.3, -0.25) is 0 Å². The number of alkyl halides is 1. The molecule has 1 heterocycles. The second-order valence-corrected chi connectivity index (χ2v) is 4.91. The van der Waals surface area contributed by atoms with Gasteiger partial charge in [0.15, 0.2) is 0 Å². The molecule has 0 radical (unpaired) electrons. The average Bonchev–Trinajstić information content (AvgIpc) is 2.78. The highest BCUT2D eigenvalue weighted by Crippen LogP contribution is 2.50. The van der Waals surface area contributed by atoms with Crippen molar-refractivity contribution in [2.75, 3.05) is 12.5 Å². The molecule has 0 spiro atoms. The molecule has 2 aliphatic rings. The topological polar surface area (TPSA) is 12.5 Å². The molecule has 0 aromatic rings. The van der Waals surface area contributed by atoms with Gasteiger partial charge in [-0.1, -0.05) is 6.92 Å². The Morgan fingerprint density at radius 2 is 2.17 bits per heavy atom. The summed E-state index contributed by atoms with van der Waals surface area (Å²) in [5, 5.41) is 0. The van der Waals surface area contributed by atoms with Crippen LogP contribution in [0.5, 0.6) is 0 Å². The third-order valence-electron chi connectivity index (χ3n) is 3.25. The van der Waals surface area contributed by atoms with E-state index in [1.54, 1.807) is 0 Å². The van der Waals surface area contributed by atoms with E-state index in [4.69, 9.17) is 16.3 Å². The van der Waals surface area contributed by atoms with Crippen LogP contribution >= 0.6 is 11.6 Å². The molecule has 1 atom stereocenters. The lowest BCUT2D eigenvalue weighted by molar-refractivity contribution is 0.0762. The number of rotatable bonds is 4. The number of hydrogen-bond acceptors (Lipinski definition) is 1. The molecule has 1 aliphatic carbocycles. The summed E-state index contributed by atoms with van der Waals surface area (Å²) in [6.45, 7) is 3.31. The zero-order valence-corrected chi connectivity index (χ0v) is 8.44. The molecule has 1 unspecified atom stereocenters. The first-order valence-electron chi connectivity index (χ1n) is 4.92. The first-order chi connectivity index (χ1) is 5.74. The maximum atomic E-state index is 5.99. The Hall–Kier alpha value is 0.250. The first-order valence-corrected chi connectivity index (χ1v) is 5.45. The van der Waals surface area contributed by atoms with Gasteiger partial charge in [-0.25, -0.2) is 0 Å². The van der Waals surface area contributed by atoms with Crippen LogP contribution < -0.4 is 0 Å². The minimum absolute atomic E-state index is 0.493. The van der Waals surface area contributed by atoms with Crippen molar-refractivity contribution in [1.82, 2.24) is 0 Å². The van der Waals surface area contributed by atoms with E-state index in [-0.39, 0.29) is 0 Å². The maximum absolute atomic E-state index is 5.99. The van der Waals surface area contributed by atoms with Gasteiger partial charge in [0.2, 0.25) is 0 Å². The van der Waals surface area contributed by atoms with Crippen molar-refractivity contribution in [3.63, 3.8) is 0 Å². The molecule has 2 rings (SSSR count). The zero-order valence-electron chi connectivity index (χ0n) is 7.68. The molecule has 0 N–H and O–H groups in total. The fourth-order valence-electron chi connectivity index (χ4n) is 2.50. The summed E-state index contributed by atoms with van der Waals surface area (Å²) in [6, 6.07) is 0. The second kappa shape index (κ2) is 3.19. The standard InChI is InChI=1S/C10H17ClO/c1-8-4-10(5-8,7-11)3-2-9-6-12-9/h8-9H,2-7H2,1H3. The van der Waals surface area contributed by atoms with E-state index >= 15 is 0 Å². The van der Waals surface area contributed by atoms with Gasteiger partial charge in [0.05, 0.1) is 12.7 Å². The summed E-state index contributed by atoms with van der Waals surface area (Å²) in [4.78, 5) is 0. The van der Waals surface area contributed by atoms with E-state index in [2.05, 4.69) is 6.92 Å². The molecular formula is C10H17ClO. The highest BCUT2D eigenvalue weighted by Gasteiger charge is 2.41. The van der Waals surface area contributed by atoms with Crippen LogP contribution in [0, 0.1) is 11.3 Å². The van der Waals surface area contributed by atoms with Crippen molar-refractivity contribution < 1.29 is 4.74 Å². The van der Waals surface area contributed by atoms with Gasteiger partial charge >= 0.3 is 0 Å². The van der Waals surface area contributed by atoms with E-state index in [0.29, 0.717) is 11.5 Å². The Kier molecular flexibility index (Phi) is 2.35. The van der Waals surface area contributed by atoms with Crippen molar-refractivity contribution in [1.29, 1.82) is 0 Å². The quantitative estimate of drug-likeness (QED) is 0.488. The van der Waals surface area contributed by atoms with E-state index in [1.807, 2.05) is 0 Å². The average molecular weight is 189 g/mol. The predicted octanol–water partition coefficient (Wildman–Crippen LogP) is 2.82. The number of halogens is 1. The van der Waals surface area contributed by atoms with Gasteiger partial charge in [-0.2, -0.15) is 0 Å². The van der Waals surface area contributed by atoms with Crippen LogP contribution in [0.4, 0.5) is 0 Å². The Bertz CT molecular complexity index is 159. The Morgan fingerprint density at radius 3 is 2.58 bits per heavy atom. The molecular weight excluding hydrogens is 172 g/mol. The van der Waals surface area contributed by atoms with Crippen LogP contribution in [0.25, 0.3) is 0 Å². The van der Waals surface area contributed by atoms with Crippen molar-refractivity contribution in [2.45, 2.75) is 38.7 Å². The van der Waals surface area contributed by atoms with Crippen LogP contribution in [-0.4, -0.2) is 18.6 Å². The lowest BCUT2D eigenvalue weighted by Crippen LogP contribution is -2.37. The van der Waals surface area contributed by atoms with Crippen molar-refractivity contribution in [3.8, 4) is 0 Å². The van der Waals surface area contributed by atoms with E-state index in [9.17, 15) is 0 Å². The van der Waals surface area contributed by atoms with E-state index < -0.39 is 0 Å². The zero-order chi connectivity index (χ0) is 8.60. The fourth-order valence-corrected chi connectivity index (χ4v) is 2.85. The summed E-state index contributed by atoms with van der Waals surface area (Å²) in [6.07, 6.45) is 5.78. The summed E-state index contributed by atoms with van der Waals surface area (Å²) < 4.78 is 5.20. The number of epoxide rings is 1. The Balaban J connectivity index is 1.74. The van der Waals surface area contributed by atoms with Gasteiger partial charge in [0.25, 0.3) is 0 Å². The number of hydrogen-bond donors (Lipinski definition) is 0. The molecule has 2 heteroatoms. The molecule has 0 aromatic carbocycles. The minimum atomic E-state index is 0.493. The molecule has 0 aromatic heterocycles. The molecule has 1 aliphatic heterocycles. The molecule has 0 amide bonds. The van der Waals surface area contributed by atoms with Gasteiger partial charge in [0.1, 0.15) is 0 Å². The van der Waals surface area contributed by atoms with Gasteiger partial charge in [0, 0.05) is 5.88 Å². The van der Waals surface area contributed by atoms with Crippen LogP contribution in [0.2, 0.25) is 0 Å². The molecule has 12 heavy (non-hydrogen) atoms. The minimum Gasteiger partial charge on any atom is -0.373 e. The van der Waals surface area contributed by atoms with E-state index in [1.165, 1.54) is 25.7 Å². The smallest absolute Gasteiger partial charge is 0.0810 e. The highest BCUT2D eigenvalue weighted by molar-refractivity contribution is 6.18. The lowest BCUT2D eigenvalue weighted by Gasteiger charge is -2.45. The van der Waals surface area contributed by atoms with Crippen molar-refractivity contribution in [3.05, 3.63) is 0 Å². The van der Waals surface area contributed by atoms with Gasteiger partial charge in [-0.15, -0.1) is 11.6 Å². The van der Waals surface area contributed by atoms with Crippen molar-refractivity contribution in [2.24, 2.45) is 11.3 Å². The second-order valence-electron chi connectivity index (χ2n) is 4.64. The van der Waals surface area contributed by atoms with Crippen LogP contribution in [0.15, 0.2) is 0 Å². The normalized spacial score (nSPS) is 45.5. The summed E-state index contributed by atoms with van der Waals surface area (Å²) in [5.74, 6) is 1.76. The number of ether oxygens (including phenoxy) is 1. The summed E-state index contributed by atoms with van der Waals surface area (Å²) in [7, 11) is 0. The molecule has 1 saturated carbocycles. The van der Waals surface area contributed by atoms with Crippen LogP contribution in [0.1, 0.15) is 32.6 Å².